The Morgan fingerprint density at radius 2 is 1.37 bits per heavy atom. The summed E-state index contributed by atoms with van der Waals surface area (Å²) in [6, 6.07) is 21.8. The van der Waals surface area contributed by atoms with Crippen molar-refractivity contribution in [1.29, 1.82) is 0 Å². The van der Waals surface area contributed by atoms with Crippen LogP contribution in [0.4, 0.5) is 5.69 Å². The van der Waals surface area contributed by atoms with Crippen molar-refractivity contribution in [3.63, 3.8) is 0 Å². The van der Waals surface area contributed by atoms with Crippen molar-refractivity contribution in [3.05, 3.63) is 88.9 Å². The highest BCUT2D eigenvalue weighted by Crippen LogP contribution is 2.20. The summed E-state index contributed by atoms with van der Waals surface area (Å²) in [6.45, 7) is 1.38. The van der Waals surface area contributed by atoms with Gasteiger partial charge in [-0.2, -0.15) is 0 Å². The van der Waals surface area contributed by atoms with Gasteiger partial charge in [-0.05, 0) is 79.1 Å². The molecule has 7 heteroatoms. The van der Waals surface area contributed by atoms with Crippen LogP contribution in [0.25, 0.3) is 0 Å². The van der Waals surface area contributed by atoms with Gasteiger partial charge >= 0.3 is 5.97 Å². The van der Waals surface area contributed by atoms with Gasteiger partial charge in [0.2, 0.25) is 5.91 Å². The van der Waals surface area contributed by atoms with Crippen molar-refractivity contribution in [1.82, 2.24) is 5.32 Å². The van der Waals surface area contributed by atoms with Crippen LogP contribution in [0.2, 0.25) is 5.02 Å². The molecule has 3 rings (SSSR count). The summed E-state index contributed by atoms with van der Waals surface area (Å²) >= 11 is 5.85. The molecule has 6 nitrogen and oxygen atoms in total. The van der Waals surface area contributed by atoms with Gasteiger partial charge in [-0.3, -0.25) is 4.79 Å². The normalized spacial score (nSPS) is 10.8. The standard InChI is InChI=1S/C31H37ClN2O4/c1-34(2)27-15-9-24(10-16-27)23-30(35)33-21-7-5-3-4-6-8-22-37-28-17-19-29(20-18-28)38-31(36)25-11-13-26(32)14-12-25/h9-20H,3-8,21-23H2,1-2H3,(H,33,35)/p+1. The zero-order valence-corrected chi connectivity index (χ0v) is 23.1. The lowest BCUT2D eigenvalue weighted by molar-refractivity contribution is -0.786. The van der Waals surface area contributed by atoms with E-state index in [0.717, 1.165) is 56.4 Å². The Morgan fingerprint density at radius 3 is 2.03 bits per heavy atom. The molecule has 1 amide bonds. The molecule has 0 radical (unpaired) electrons. The number of unbranched alkanes of at least 4 members (excludes halogenated alkanes) is 5. The molecule has 0 atom stereocenters. The molecule has 0 heterocycles. The first-order valence-electron chi connectivity index (χ1n) is 13.3. The fraction of sp³-hybridized carbons (Fsp3) is 0.355. The van der Waals surface area contributed by atoms with Crippen LogP contribution >= 0.6 is 11.6 Å². The Labute approximate surface area is 230 Å². The highest BCUT2D eigenvalue weighted by molar-refractivity contribution is 6.30. The van der Waals surface area contributed by atoms with E-state index in [2.05, 4.69) is 31.5 Å². The van der Waals surface area contributed by atoms with Gasteiger partial charge < -0.3 is 19.7 Å². The molecule has 202 valence electrons. The SMILES string of the molecule is C[NH+](C)c1ccc(CC(=O)NCCCCCCCCOc2ccc(OC(=O)c3ccc(Cl)cc3)cc2)cc1. The third kappa shape index (κ3) is 10.6. The number of ether oxygens (including phenoxy) is 2. The number of carbonyl (C=O) groups is 2. The lowest BCUT2D eigenvalue weighted by atomic mass is 10.1. The lowest BCUT2D eigenvalue weighted by Gasteiger charge is -2.09. The highest BCUT2D eigenvalue weighted by atomic mass is 35.5. The molecule has 0 aliphatic carbocycles. The van der Waals surface area contributed by atoms with Gasteiger partial charge in [0.25, 0.3) is 0 Å². The van der Waals surface area contributed by atoms with Crippen LogP contribution in [-0.2, 0) is 11.2 Å². The predicted molar refractivity (Wildman–Crippen MR) is 152 cm³/mol. The van der Waals surface area contributed by atoms with E-state index in [1.165, 1.54) is 10.6 Å². The molecule has 38 heavy (non-hydrogen) atoms. The fourth-order valence-corrected chi connectivity index (χ4v) is 4.04. The quantitative estimate of drug-likeness (QED) is 0.154. The van der Waals surface area contributed by atoms with Crippen molar-refractivity contribution >= 4 is 29.2 Å². The van der Waals surface area contributed by atoms with Gasteiger partial charge in [-0.25, -0.2) is 4.79 Å². The summed E-state index contributed by atoms with van der Waals surface area (Å²) in [5.41, 5.74) is 2.70. The number of hydrogen-bond acceptors (Lipinski definition) is 4. The van der Waals surface area contributed by atoms with Crippen LogP contribution in [0.5, 0.6) is 11.5 Å². The number of amides is 1. The third-order valence-corrected chi connectivity index (χ3v) is 6.42. The largest absolute Gasteiger partial charge is 0.494 e. The Morgan fingerprint density at radius 1 is 0.763 bits per heavy atom. The molecular weight excluding hydrogens is 500 g/mol. The van der Waals surface area contributed by atoms with Crippen LogP contribution in [0.3, 0.4) is 0 Å². The zero-order valence-electron chi connectivity index (χ0n) is 22.3. The lowest BCUT2D eigenvalue weighted by Crippen LogP contribution is -3.00. The van der Waals surface area contributed by atoms with Crippen LogP contribution < -0.4 is 19.7 Å². The Bertz CT molecular complexity index is 1130. The molecule has 3 aromatic rings. The first kappa shape index (κ1) is 29.2. The summed E-state index contributed by atoms with van der Waals surface area (Å²) < 4.78 is 11.2. The monoisotopic (exact) mass is 537 g/mol. The zero-order chi connectivity index (χ0) is 27.2. The van der Waals surface area contributed by atoms with E-state index in [1.54, 1.807) is 48.5 Å². The van der Waals surface area contributed by atoms with Crippen LogP contribution in [0, 0.1) is 0 Å². The number of carbonyl (C=O) groups excluding carboxylic acids is 2. The molecule has 0 aliphatic heterocycles. The Balaban J connectivity index is 1.18. The minimum atomic E-state index is -0.426. The smallest absolute Gasteiger partial charge is 0.343 e. The van der Waals surface area contributed by atoms with Crippen molar-refractivity contribution < 1.29 is 24.0 Å². The van der Waals surface area contributed by atoms with E-state index in [0.29, 0.717) is 29.4 Å². The second-order valence-corrected chi connectivity index (χ2v) is 10.00. The summed E-state index contributed by atoms with van der Waals surface area (Å²) in [5, 5.41) is 3.60. The van der Waals surface area contributed by atoms with E-state index in [9.17, 15) is 9.59 Å². The second kappa shape index (κ2) is 15.8. The summed E-state index contributed by atoms with van der Waals surface area (Å²) in [7, 11) is 4.17. The number of hydrogen-bond donors (Lipinski definition) is 2. The molecular formula is C31H38ClN2O4+. The van der Waals surface area contributed by atoms with Crippen LogP contribution in [0.15, 0.2) is 72.8 Å². The topological polar surface area (TPSA) is 69.1 Å². The van der Waals surface area contributed by atoms with Crippen molar-refractivity contribution in [2.75, 3.05) is 27.2 Å². The second-order valence-electron chi connectivity index (χ2n) is 9.56. The van der Waals surface area contributed by atoms with Gasteiger partial charge in [0, 0.05) is 11.6 Å². The summed E-state index contributed by atoms with van der Waals surface area (Å²) in [4.78, 5) is 25.6. The van der Waals surface area contributed by atoms with Crippen LogP contribution in [-0.4, -0.2) is 39.1 Å². The highest BCUT2D eigenvalue weighted by Gasteiger charge is 2.09. The number of quaternary nitrogens is 1. The van der Waals surface area contributed by atoms with Crippen molar-refractivity contribution in [2.24, 2.45) is 0 Å². The average molecular weight is 538 g/mol. The third-order valence-electron chi connectivity index (χ3n) is 6.17. The number of halogens is 1. The first-order chi connectivity index (χ1) is 18.4. The van der Waals surface area contributed by atoms with E-state index < -0.39 is 5.97 Å². The average Bonchev–Trinajstić information content (AvgIpc) is 2.91. The van der Waals surface area contributed by atoms with E-state index in [4.69, 9.17) is 21.1 Å². The molecule has 0 aliphatic rings. The maximum Gasteiger partial charge on any atom is 0.343 e. The number of benzene rings is 3. The maximum absolute atomic E-state index is 12.2. The number of rotatable bonds is 15. The molecule has 0 fully saturated rings. The van der Waals surface area contributed by atoms with E-state index >= 15 is 0 Å². The first-order valence-corrected chi connectivity index (χ1v) is 13.7. The molecule has 3 aromatic carbocycles. The van der Waals surface area contributed by atoms with Gasteiger partial charge in [0.05, 0.1) is 32.7 Å². The fourth-order valence-electron chi connectivity index (χ4n) is 3.91. The Kier molecular flexibility index (Phi) is 12.1. The number of nitrogens with one attached hydrogen (secondary N) is 2. The van der Waals surface area contributed by atoms with Crippen molar-refractivity contribution in [3.8, 4) is 11.5 Å². The molecule has 2 N–H and O–H groups in total. The van der Waals surface area contributed by atoms with E-state index in [-0.39, 0.29) is 5.91 Å². The molecule has 0 aromatic heterocycles. The summed E-state index contributed by atoms with van der Waals surface area (Å²) in [6.07, 6.45) is 6.93. The molecule has 0 unspecified atom stereocenters. The number of esters is 1. The van der Waals surface area contributed by atoms with E-state index in [1.807, 2.05) is 12.1 Å². The minimum absolute atomic E-state index is 0.0832. The van der Waals surface area contributed by atoms with Gasteiger partial charge in [0.15, 0.2) is 0 Å². The van der Waals surface area contributed by atoms with Crippen LogP contribution in [0.1, 0.15) is 54.4 Å². The maximum atomic E-state index is 12.2. The summed E-state index contributed by atoms with van der Waals surface area (Å²) in [5.74, 6) is 0.874. The minimum Gasteiger partial charge on any atom is -0.494 e. The molecule has 0 spiro atoms. The van der Waals surface area contributed by atoms with Crippen molar-refractivity contribution in [2.45, 2.75) is 44.9 Å². The van der Waals surface area contributed by atoms with Gasteiger partial charge in [-0.1, -0.05) is 49.4 Å². The predicted octanol–water partition coefficient (Wildman–Crippen LogP) is 5.41. The Hall–Kier alpha value is -3.35. The van der Waals surface area contributed by atoms with Gasteiger partial charge in [0.1, 0.15) is 17.2 Å². The molecule has 0 saturated carbocycles. The van der Waals surface area contributed by atoms with Gasteiger partial charge in [-0.15, -0.1) is 0 Å². The molecule has 0 bridgehead atoms. The molecule has 0 saturated heterocycles.